The molecule has 0 atom stereocenters. The summed E-state index contributed by atoms with van der Waals surface area (Å²) in [5.41, 5.74) is 2.28. The van der Waals surface area contributed by atoms with Crippen LogP contribution in [0.4, 0.5) is 0 Å². The molecule has 7 heteroatoms. The first-order valence-electron chi connectivity index (χ1n) is 8.42. The smallest absolute Gasteiger partial charge is 0.191 e. The van der Waals surface area contributed by atoms with Crippen molar-refractivity contribution in [3.63, 3.8) is 0 Å². The highest BCUT2D eigenvalue weighted by atomic mass is 127. The predicted molar refractivity (Wildman–Crippen MR) is 116 cm³/mol. The Hall–Kier alpha value is -2.03. The molecule has 0 saturated carbocycles. The first-order chi connectivity index (χ1) is 12.2. The van der Waals surface area contributed by atoms with Crippen molar-refractivity contribution in [2.45, 2.75) is 20.4 Å². The molecule has 0 radical (unpaired) electrons. The molecule has 2 N–H and O–H groups in total. The van der Waals surface area contributed by atoms with Crippen LogP contribution < -0.4 is 20.1 Å². The van der Waals surface area contributed by atoms with Crippen LogP contribution in [0.2, 0.25) is 0 Å². The molecule has 0 unspecified atom stereocenters. The van der Waals surface area contributed by atoms with Gasteiger partial charge in [-0.2, -0.15) is 0 Å². The molecule has 26 heavy (non-hydrogen) atoms. The number of rotatable bonds is 8. The Morgan fingerprint density at radius 2 is 2.04 bits per heavy atom. The van der Waals surface area contributed by atoms with E-state index in [-0.39, 0.29) is 24.0 Å². The maximum atomic E-state index is 5.71. The second-order valence-corrected chi connectivity index (χ2v) is 5.43. The molecule has 6 nitrogen and oxygen atoms in total. The van der Waals surface area contributed by atoms with Gasteiger partial charge in [0.25, 0.3) is 0 Å². The van der Waals surface area contributed by atoms with Crippen LogP contribution >= 0.6 is 24.0 Å². The van der Waals surface area contributed by atoms with E-state index in [1.54, 1.807) is 19.4 Å². The number of ether oxygens (including phenoxy) is 2. The molecule has 1 aromatic carbocycles. The largest absolute Gasteiger partial charge is 0.494 e. The quantitative estimate of drug-likeness (QED) is 0.269. The van der Waals surface area contributed by atoms with Crippen molar-refractivity contribution in [1.29, 1.82) is 0 Å². The molecule has 1 aromatic heterocycles. The van der Waals surface area contributed by atoms with Gasteiger partial charge < -0.3 is 20.1 Å². The Labute approximate surface area is 172 Å². The van der Waals surface area contributed by atoms with E-state index >= 15 is 0 Å². The molecule has 0 fully saturated rings. The average molecular weight is 470 g/mol. The minimum absolute atomic E-state index is 0. The van der Waals surface area contributed by atoms with Crippen LogP contribution in [0.25, 0.3) is 0 Å². The minimum Gasteiger partial charge on any atom is -0.494 e. The summed E-state index contributed by atoms with van der Waals surface area (Å²) in [6, 6.07) is 9.94. The zero-order valence-corrected chi connectivity index (χ0v) is 17.8. The van der Waals surface area contributed by atoms with Gasteiger partial charge in [0.15, 0.2) is 5.96 Å². The number of nitrogens with zero attached hydrogens (tertiary/aromatic N) is 2. The fraction of sp³-hybridized carbons (Fsp3) is 0.368. The molecule has 0 spiro atoms. The van der Waals surface area contributed by atoms with Crippen LogP contribution in [0.1, 0.15) is 18.1 Å². The third-order valence-corrected chi connectivity index (χ3v) is 3.49. The van der Waals surface area contributed by atoms with Crippen LogP contribution in [-0.4, -0.2) is 37.7 Å². The Bertz CT molecular complexity index is 680. The number of hydrogen-bond acceptors (Lipinski definition) is 4. The van der Waals surface area contributed by atoms with E-state index in [1.165, 1.54) is 5.56 Å². The topological polar surface area (TPSA) is 67.8 Å². The minimum atomic E-state index is 0. The van der Waals surface area contributed by atoms with Crippen LogP contribution in [0.3, 0.4) is 0 Å². The lowest BCUT2D eigenvalue weighted by atomic mass is 10.1. The number of aliphatic imine (C=N–C) groups is 1. The molecule has 0 saturated heterocycles. The van der Waals surface area contributed by atoms with Crippen molar-refractivity contribution in [2.24, 2.45) is 4.99 Å². The summed E-state index contributed by atoms with van der Waals surface area (Å²) in [7, 11) is 1.75. The number of pyridine rings is 1. The van der Waals surface area contributed by atoms with E-state index in [1.807, 2.05) is 19.1 Å². The fourth-order valence-electron chi connectivity index (χ4n) is 2.27. The van der Waals surface area contributed by atoms with Crippen molar-refractivity contribution < 1.29 is 9.47 Å². The molecular formula is C19H27IN4O2. The molecule has 0 aliphatic heterocycles. The molecule has 0 aliphatic rings. The summed E-state index contributed by atoms with van der Waals surface area (Å²) in [5, 5.41) is 6.52. The summed E-state index contributed by atoms with van der Waals surface area (Å²) < 4.78 is 11.3. The molecule has 2 aromatic rings. The maximum Gasteiger partial charge on any atom is 0.191 e. The van der Waals surface area contributed by atoms with E-state index in [0.717, 1.165) is 23.0 Å². The number of aromatic nitrogens is 1. The zero-order valence-electron chi connectivity index (χ0n) is 15.5. The highest BCUT2D eigenvalue weighted by Gasteiger charge is 2.05. The van der Waals surface area contributed by atoms with E-state index < -0.39 is 0 Å². The molecule has 0 bridgehead atoms. The molecule has 142 valence electrons. The summed E-state index contributed by atoms with van der Waals surface area (Å²) in [4.78, 5) is 8.24. The lowest BCUT2D eigenvalue weighted by molar-refractivity contribution is 0.320. The van der Waals surface area contributed by atoms with Crippen molar-refractivity contribution in [3.05, 3.63) is 53.9 Å². The van der Waals surface area contributed by atoms with Gasteiger partial charge in [-0.05, 0) is 37.6 Å². The molecule has 2 rings (SSSR count). The van der Waals surface area contributed by atoms with Crippen molar-refractivity contribution in [2.75, 3.05) is 26.8 Å². The second-order valence-electron chi connectivity index (χ2n) is 5.43. The predicted octanol–water partition coefficient (Wildman–Crippen LogP) is 3.15. The third-order valence-electron chi connectivity index (χ3n) is 3.49. The van der Waals surface area contributed by atoms with Crippen LogP contribution in [0.5, 0.6) is 11.5 Å². The van der Waals surface area contributed by atoms with E-state index in [9.17, 15) is 0 Å². The standard InChI is InChI=1S/C19H26N4O2.HI/c1-4-24-18-12-15(2)7-8-16(18)13-23-19(20-3)22-10-11-25-17-6-5-9-21-14-17;/h5-9,12,14H,4,10-11,13H2,1-3H3,(H2,20,22,23);1H. The lowest BCUT2D eigenvalue weighted by Gasteiger charge is -2.15. The van der Waals surface area contributed by atoms with E-state index in [0.29, 0.717) is 26.3 Å². The van der Waals surface area contributed by atoms with Crippen molar-refractivity contribution in [3.8, 4) is 11.5 Å². The second kappa shape index (κ2) is 12.3. The first kappa shape index (κ1) is 22.0. The number of benzene rings is 1. The van der Waals surface area contributed by atoms with Crippen LogP contribution in [0.15, 0.2) is 47.7 Å². The highest BCUT2D eigenvalue weighted by Crippen LogP contribution is 2.20. The Morgan fingerprint density at radius 1 is 1.19 bits per heavy atom. The number of aryl methyl sites for hydroxylation is 1. The van der Waals surface area contributed by atoms with Gasteiger partial charge in [-0.3, -0.25) is 9.98 Å². The average Bonchev–Trinajstić information content (AvgIpc) is 2.63. The van der Waals surface area contributed by atoms with Gasteiger partial charge in [0.1, 0.15) is 18.1 Å². The summed E-state index contributed by atoms with van der Waals surface area (Å²) in [5.74, 6) is 2.39. The molecule has 0 amide bonds. The normalized spacial score (nSPS) is 10.7. The monoisotopic (exact) mass is 470 g/mol. The number of hydrogen-bond donors (Lipinski definition) is 2. The van der Waals surface area contributed by atoms with Crippen LogP contribution in [-0.2, 0) is 6.54 Å². The summed E-state index contributed by atoms with van der Waals surface area (Å²) >= 11 is 0. The molecule has 0 aliphatic carbocycles. The molecule has 1 heterocycles. The van der Waals surface area contributed by atoms with E-state index in [4.69, 9.17) is 9.47 Å². The Morgan fingerprint density at radius 3 is 2.73 bits per heavy atom. The van der Waals surface area contributed by atoms with Crippen molar-refractivity contribution in [1.82, 2.24) is 15.6 Å². The van der Waals surface area contributed by atoms with Crippen LogP contribution in [0, 0.1) is 6.92 Å². The first-order valence-corrected chi connectivity index (χ1v) is 8.42. The lowest BCUT2D eigenvalue weighted by Crippen LogP contribution is -2.38. The number of nitrogens with one attached hydrogen (secondary N) is 2. The highest BCUT2D eigenvalue weighted by molar-refractivity contribution is 14.0. The Balaban J connectivity index is 0.00000338. The number of halogens is 1. The van der Waals surface area contributed by atoms with E-state index in [2.05, 4.69) is 45.7 Å². The third kappa shape index (κ3) is 7.47. The fourth-order valence-corrected chi connectivity index (χ4v) is 2.27. The van der Waals surface area contributed by atoms with Crippen molar-refractivity contribution >= 4 is 29.9 Å². The summed E-state index contributed by atoms with van der Waals surface area (Å²) in [6.45, 7) is 6.50. The SMILES string of the molecule is CCOc1cc(C)ccc1CNC(=NC)NCCOc1cccnc1.I. The summed E-state index contributed by atoms with van der Waals surface area (Å²) in [6.07, 6.45) is 3.41. The van der Waals surface area contributed by atoms with Gasteiger partial charge in [-0.15, -0.1) is 24.0 Å². The van der Waals surface area contributed by atoms with Gasteiger partial charge >= 0.3 is 0 Å². The van der Waals surface area contributed by atoms with Gasteiger partial charge in [-0.25, -0.2) is 0 Å². The Kier molecular flexibility index (Phi) is 10.5. The van der Waals surface area contributed by atoms with Gasteiger partial charge in [-0.1, -0.05) is 12.1 Å². The van der Waals surface area contributed by atoms with Gasteiger partial charge in [0.05, 0.1) is 19.3 Å². The van der Waals surface area contributed by atoms with Gasteiger partial charge in [0, 0.05) is 25.4 Å². The molecular weight excluding hydrogens is 443 g/mol. The number of guanidine groups is 1. The maximum absolute atomic E-state index is 5.71. The van der Waals surface area contributed by atoms with Gasteiger partial charge in [0.2, 0.25) is 0 Å². The zero-order chi connectivity index (χ0) is 17.9.